The summed E-state index contributed by atoms with van der Waals surface area (Å²) in [6, 6.07) is 1.78. The van der Waals surface area contributed by atoms with Gasteiger partial charge in [-0.25, -0.2) is 4.98 Å². The number of ether oxygens (including phenoxy) is 2. The van der Waals surface area contributed by atoms with E-state index in [1.165, 1.54) is 0 Å². The lowest BCUT2D eigenvalue weighted by molar-refractivity contribution is 0.372. The average Bonchev–Trinajstić information content (AvgIpc) is 2.90. The van der Waals surface area contributed by atoms with Crippen molar-refractivity contribution in [1.82, 2.24) is 19.5 Å². The first-order chi connectivity index (χ1) is 9.21. The molecule has 1 atom stereocenters. The quantitative estimate of drug-likeness (QED) is 0.844. The van der Waals surface area contributed by atoms with Gasteiger partial charge < -0.3 is 19.4 Å². The van der Waals surface area contributed by atoms with Gasteiger partial charge in [0.15, 0.2) is 0 Å². The molecule has 0 aliphatic heterocycles. The fraction of sp³-hybridized carbons (Fsp3) is 0.417. The van der Waals surface area contributed by atoms with Crippen LogP contribution in [0.25, 0.3) is 0 Å². The summed E-state index contributed by atoms with van der Waals surface area (Å²) < 4.78 is 12.2. The Kier molecular flexibility index (Phi) is 4.17. The number of rotatable bonds is 6. The lowest BCUT2D eigenvalue weighted by atomic mass is 10.3. The average molecular weight is 263 g/mol. The maximum atomic E-state index is 5.10. The van der Waals surface area contributed by atoms with E-state index in [1.54, 1.807) is 32.8 Å². The van der Waals surface area contributed by atoms with E-state index in [0.717, 1.165) is 6.54 Å². The summed E-state index contributed by atoms with van der Waals surface area (Å²) in [4.78, 5) is 12.4. The molecule has 2 rings (SSSR count). The SMILES string of the molecule is COc1cc(OC)nc(NC(C)Cn2ccnc2)n1. The number of anilines is 1. The van der Waals surface area contributed by atoms with Gasteiger partial charge in [-0.2, -0.15) is 9.97 Å². The summed E-state index contributed by atoms with van der Waals surface area (Å²) in [7, 11) is 3.11. The van der Waals surface area contributed by atoms with E-state index in [2.05, 4.69) is 20.3 Å². The number of hydrogen-bond acceptors (Lipinski definition) is 6. The van der Waals surface area contributed by atoms with Crippen molar-refractivity contribution in [3.05, 3.63) is 24.8 Å². The minimum Gasteiger partial charge on any atom is -0.481 e. The topological polar surface area (TPSA) is 74.1 Å². The zero-order chi connectivity index (χ0) is 13.7. The van der Waals surface area contributed by atoms with Gasteiger partial charge in [0.25, 0.3) is 0 Å². The van der Waals surface area contributed by atoms with Crippen molar-refractivity contribution in [2.75, 3.05) is 19.5 Å². The smallest absolute Gasteiger partial charge is 0.229 e. The Morgan fingerprint density at radius 2 is 1.95 bits per heavy atom. The third kappa shape index (κ3) is 3.57. The Hall–Kier alpha value is -2.31. The lowest BCUT2D eigenvalue weighted by Gasteiger charge is -2.15. The third-order valence-corrected chi connectivity index (χ3v) is 2.52. The standard InChI is InChI=1S/C12H17N5O2/c1-9(7-17-5-4-13-8-17)14-12-15-10(18-2)6-11(16-12)19-3/h4-6,8-9H,7H2,1-3H3,(H,14,15,16). The number of imidazole rings is 1. The predicted molar refractivity (Wildman–Crippen MR) is 70.4 cm³/mol. The van der Waals surface area contributed by atoms with Crippen LogP contribution >= 0.6 is 0 Å². The first-order valence-electron chi connectivity index (χ1n) is 5.90. The van der Waals surface area contributed by atoms with E-state index in [-0.39, 0.29) is 6.04 Å². The Morgan fingerprint density at radius 1 is 1.26 bits per heavy atom. The van der Waals surface area contributed by atoms with E-state index in [0.29, 0.717) is 17.7 Å². The summed E-state index contributed by atoms with van der Waals surface area (Å²) in [6.07, 6.45) is 5.42. The van der Waals surface area contributed by atoms with Gasteiger partial charge in [0.2, 0.25) is 17.7 Å². The zero-order valence-electron chi connectivity index (χ0n) is 11.2. The maximum Gasteiger partial charge on any atom is 0.229 e. The normalized spacial score (nSPS) is 11.9. The number of nitrogens with one attached hydrogen (secondary N) is 1. The van der Waals surface area contributed by atoms with Crippen LogP contribution in [0.3, 0.4) is 0 Å². The molecule has 0 amide bonds. The minimum absolute atomic E-state index is 0.144. The van der Waals surface area contributed by atoms with Crippen molar-refractivity contribution in [2.24, 2.45) is 0 Å². The number of aromatic nitrogens is 4. The second-order valence-electron chi connectivity index (χ2n) is 4.08. The Labute approximate surface area is 111 Å². The molecular weight excluding hydrogens is 246 g/mol. The van der Waals surface area contributed by atoms with Crippen LogP contribution in [0.4, 0.5) is 5.95 Å². The van der Waals surface area contributed by atoms with Crippen molar-refractivity contribution in [3.8, 4) is 11.8 Å². The Bertz CT molecular complexity index is 493. The van der Waals surface area contributed by atoms with Crippen molar-refractivity contribution in [2.45, 2.75) is 19.5 Å². The molecule has 7 nitrogen and oxygen atoms in total. The zero-order valence-corrected chi connectivity index (χ0v) is 11.2. The number of nitrogens with zero attached hydrogens (tertiary/aromatic N) is 4. The first-order valence-corrected chi connectivity index (χ1v) is 5.90. The highest BCUT2D eigenvalue weighted by molar-refractivity contribution is 5.34. The summed E-state index contributed by atoms with van der Waals surface area (Å²) in [5.74, 6) is 1.40. The molecule has 1 unspecified atom stereocenters. The Balaban J connectivity index is 2.05. The van der Waals surface area contributed by atoms with Crippen molar-refractivity contribution >= 4 is 5.95 Å². The maximum absolute atomic E-state index is 5.10. The van der Waals surface area contributed by atoms with Gasteiger partial charge in [-0.3, -0.25) is 0 Å². The molecule has 1 N–H and O–H groups in total. The van der Waals surface area contributed by atoms with Crippen LogP contribution < -0.4 is 14.8 Å². The highest BCUT2D eigenvalue weighted by atomic mass is 16.5. The second-order valence-corrected chi connectivity index (χ2v) is 4.08. The molecule has 102 valence electrons. The van der Waals surface area contributed by atoms with Crippen LogP contribution in [0.2, 0.25) is 0 Å². The molecule has 0 spiro atoms. The van der Waals surface area contributed by atoms with Crippen LogP contribution in [0, 0.1) is 0 Å². The third-order valence-electron chi connectivity index (χ3n) is 2.52. The molecule has 0 aromatic carbocycles. The lowest BCUT2D eigenvalue weighted by Crippen LogP contribution is -2.22. The van der Waals surface area contributed by atoms with Gasteiger partial charge in [0.1, 0.15) is 0 Å². The second kappa shape index (κ2) is 6.03. The molecule has 2 aromatic rings. The van der Waals surface area contributed by atoms with E-state index < -0.39 is 0 Å². The van der Waals surface area contributed by atoms with Crippen molar-refractivity contribution in [1.29, 1.82) is 0 Å². The van der Waals surface area contributed by atoms with Crippen LogP contribution in [-0.2, 0) is 6.54 Å². The van der Waals surface area contributed by atoms with Crippen LogP contribution in [0.1, 0.15) is 6.92 Å². The van der Waals surface area contributed by atoms with Gasteiger partial charge in [-0.1, -0.05) is 0 Å². The molecule has 0 saturated carbocycles. The first kappa shape index (κ1) is 13.1. The van der Waals surface area contributed by atoms with E-state index in [9.17, 15) is 0 Å². The molecule has 2 heterocycles. The van der Waals surface area contributed by atoms with Gasteiger partial charge in [0.05, 0.1) is 26.6 Å². The molecule has 0 bridgehead atoms. The largest absolute Gasteiger partial charge is 0.481 e. The van der Waals surface area contributed by atoms with Gasteiger partial charge in [-0.05, 0) is 6.92 Å². The summed E-state index contributed by atoms with van der Waals surface area (Å²) in [5, 5.41) is 3.20. The molecule has 19 heavy (non-hydrogen) atoms. The van der Waals surface area contributed by atoms with E-state index in [4.69, 9.17) is 9.47 Å². The fourth-order valence-electron chi connectivity index (χ4n) is 1.65. The number of methoxy groups -OCH3 is 2. The van der Waals surface area contributed by atoms with Gasteiger partial charge in [-0.15, -0.1) is 0 Å². The predicted octanol–water partition coefficient (Wildman–Crippen LogP) is 1.19. The monoisotopic (exact) mass is 263 g/mol. The highest BCUT2D eigenvalue weighted by Gasteiger charge is 2.09. The van der Waals surface area contributed by atoms with Crippen LogP contribution in [0.5, 0.6) is 11.8 Å². The fourth-order valence-corrected chi connectivity index (χ4v) is 1.65. The van der Waals surface area contributed by atoms with E-state index in [1.807, 2.05) is 17.7 Å². The molecule has 0 aliphatic carbocycles. The highest BCUT2D eigenvalue weighted by Crippen LogP contribution is 2.17. The molecule has 0 fully saturated rings. The van der Waals surface area contributed by atoms with Crippen LogP contribution in [-0.4, -0.2) is 39.8 Å². The Morgan fingerprint density at radius 3 is 2.47 bits per heavy atom. The molecule has 7 heteroatoms. The summed E-state index contributed by atoms with van der Waals surface area (Å²) in [5.41, 5.74) is 0. The molecule has 2 aromatic heterocycles. The summed E-state index contributed by atoms with van der Waals surface area (Å²) in [6.45, 7) is 2.80. The van der Waals surface area contributed by atoms with Gasteiger partial charge in [0, 0.05) is 25.0 Å². The molecule has 0 radical (unpaired) electrons. The number of hydrogen-bond donors (Lipinski definition) is 1. The van der Waals surface area contributed by atoms with Crippen molar-refractivity contribution < 1.29 is 9.47 Å². The summed E-state index contributed by atoms with van der Waals surface area (Å²) >= 11 is 0. The molecule has 0 aliphatic rings. The molecule has 0 saturated heterocycles. The van der Waals surface area contributed by atoms with Gasteiger partial charge >= 0.3 is 0 Å². The minimum atomic E-state index is 0.144. The molecular formula is C12H17N5O2. The van der Waals surface area contributed by atoms with Crippen LogP contribution in [0.15, 0.2) is 24.8 Å². The van der Waals surface area contributed by atoms with E-state index >= 15 is 0 Å². The van der Waals surface area contributed by atoms with Crippen molar-refractivity contribution in [3.63, 3.8) is 0 Å².